The van der Waals surface area contributed by atoms with E-state index in [1.54, 1.807) is 0 Å². The molecule has 0 saturated carbocycles. The molecule has 2 saturated heterocycles. The van der Waals surface area contributed by atoms with Gasteiger partial charge in [-0.2, -0.15) is 0 Å². The molecule has 2 heterocycles. The van der Waals surface area contributed by atoms with E-state index in [0.29, 0.717) is 19.0 Å². The lowest BCUT2D eigenvalue weighted by Crippen LogP contribution is -2.41. The number of likely N-dealkylation sites (tertiary alicyclic amines) is 1. The molecule has 2 aliphatic heterocycles. The zero-order valence-electron chi connectivity index (χ0n) is 19.9. The van der Waals surface area contributed by atoms with Crippen LogP contribution in [-0.4, -0.2) is 36.3 Å². The maximum Gasteiger partial charge on any atom is 0.227 e. The number of carbonyl (C=O) groups excluding carboxylic acids is 2. The lowest BCUT2D eigenvalue weighted by Gasteiger charge is -2.36. The van der Waals surface area contributed by atoms with E-state index in [9.17, 15) is 9.59 Å². The number of hydrogen-bond acceptors (Lipinski definition) is 3. The van der Waals surface area contributed by atoms with E-state index in [-0.39, 0.29) is 17.7 Å². The molecular weight excluding hydrogens is 422 g/mol. The van der Waals surface area contributed by atoms with E-state index in [1.165, 1.54) is 16.3 Å². The van der Waals surface area contributed by atoms with Crippen molar-refractivity contribution < 1.29 is 9.59 Å². The van der Waals surface area contributed by atoms with Gasteiger partial charge in [0.15, 0.2) is 0 Å². The van der Waals surface area contributed by atoms with Gasteiger partial charge in [0.1, 0.15) is 0 Å². The van der Waals surface area contributed by atoms with Crippen LogP contribution in [0, 0.1) is 5.92 Å². The van der Waals surface area contributed by atoms with Crippen molar-refractivity contribution in [2.45, 2.75) is 45.2 Å². The molecule has 176 valence electrons. The third-order valence-corrected chi connectivity index (χ3v) is 7.51. The van der Waals surface area contributed by atoms with Gasteiger partial charge in [-0.15, -0.1) is 0 Å². The van der Waals surface area contributed by atoms with Crippen molar-refractivity contribution in [2.24, 2.45) is 5.92 Å². The Hall–Kier alpha value is -3.18. The van der Waals surface area contributed by atoms with Crippen LogP contribution >= 0.6 is 0 Å². The number of carbonyl (C=O) groups is 2. The third-order valence-electron chi connectivity index (χ3n) is 7.51. The molecule has 2 aliphatic rings. The number of nitrogens with one attached hydrogen (secondary N) is 1. The summed E-state index contributed by atoms with van der Waals surface area (Å²) in [6.07, 6.45) is 3.33. The van der Waals surface area contributed by atoms with Crippen LogP contribution in [0.5, 0.6) is 0 Å². The van der Waals surface area contributed by atoms with Crippen molar-refractivity contribution in [3.05, 3.63) is 77.9 Å². The summed E-state index contributed by atoms with van der Waals surface area (Å²) in [6.45, 7) is 5.47. The Balaban J connectivity index is 1.13. The molecule has 5 heteroatoms. The predicted molar refractivity (Wildman–Crippen MR) is 137 cm³/mol. The Morgan fingerprint density at radius 3 is 2.44 bits per heavy atom. The summed E-state index contributed by atoms with van der Waals surface area (Å²) >= 11 is 0. The van der Waals surface area contributed by atoms with E-state index < -0.39 is 0 Å². The van der Waals surface area contributed by atoms with Gasteiger partial charge in [-0.05, 0) is 73.3 Å². The number of piperidine rings is 1. The van der Waals surface area contributed by atoms with Crippen LogP contribution in [-0.2, 0) is 16.1 Å². The molecule has 2 amide bonds. The first-order valence-electron chi connectivity index (χ1n) is 12.5. The number of rotatable bonds is 6. The summed E-state index contributed by atoms with van der Waals surface area (Å²) in [5.74, 6) is 0.413. The van der Waals surface area contributed by atoms with Gasteiger partial charge in [-0.25, -0.2) is 0 Å². The second-order valence-corrected chi connectivity index (χ2v) is 9.59. The van der Waals surface area contributed by atoms with Gasteiger partial charge in [-0.3, -0.25) is 14.5 Å². The fraction of sp³-hybridized carbons (Fsp3) is 0.379. The topological polar surface area (TPSA) is 52.7 Å². The van der Waals surface area contributed by atoms with E-state index in [1.807, 2.05) is 29.2 Å². The van der Waals surface area contributed by atoms with Crippen LogP contribution in [0.2, 0.25) is 0 Å². The summed E-state index contributed by atoms with van der Waals surface area (Å²) < 4.78 is 0. The molecule has 0 aliphatic carbocycles. The monoisotopic (exact) mass is 455 g/mol. The van der Waals surface area contributed by atoms with Crippen molar-refractivity contribution >= 4 is 28.3 Å². The second kappa shape index (κ2) is 9.98. The van der Waals surface area contributed by atoms with Gasteiger partial charge >= 0.3 is 0 Å². The highest BCUT2D eigenvalue weighted by molar-refractivity contribution is 5.95. The Labute approximate surface area is 201 Å². The van der Waals surface area contributed by atoms with E-state index in [0.717, 1.165) is 50.1 Å². The molecule has 0 spiro atoms. The zero-order chi connectivity index (χ0) is 23.5. The van der Waals surface area contributed by atoms with E-state index in [4.69, 9.17) is 0 Å². The highest BCUT2D eigenvalue weighted by atomic mass is 16.2. The molecule has 1 atom stereocenters. The first kappa shape index (κ1) is 22.6. The largest absolute Gasteiger partial charge is 0.352 e. The van der Waals surface area contributed by atoms with Crippen molar-refractivity contribution in [2.75, 3.05) is 24.5 Å². The number of nitrogens with zero attached hydrogens (tertiary/aromatic N) is 2. The molecule has 3 aromatic rings. The molecule has 1 N–H and O–H groups in total. The molecule has 0 bridgehead atoms. The maximum absolute atomic E-state index is 12.8. The van der Waals surface area contributed by atoms with Gasteiger partial charge in [0, 0.05) is 37.2 Å². The van der Waals surface area contributed by atoms with Crippen LogP contribution in [0.4, 0.5) is 5.69 Å². The van der Waals surface area contributed by atoms with Crippen molar-refractivity contribution in [3.8, 4) is 0 Å². The minimum absolute atomic E-state index is 0.0671. The maximum atomic E-state index is 12.8. The molecule has 2 fully saturated rings. The van der Waals surface area contributed by atoms with Crippen LogP contribution in [0.25, 0.3) is 10.8 Å². The minimum Gasteiger partial charge on any atom is -0.352 e. The van der Waals surface area contributed by atoms with Crippen LogP contribution in [0.1, 0.15) is 49.8 Å². The third kappa shape index (κ3) is 4.71. The summed E-state index contributed by atoms with van der Waals surface area (Å²) in [5.41, 5.74) is 3.37. The Morgan fingerprint density at radius 1 is 0.971 bits per heavy atom. The van der Waals surface area contributed by atoms with Gasteiger partial charge in [0.2, 0.25) is 11.8 Å². The standard InChI is InChI=1S/C29H33N3O2/c1-21(26-9-4-7-23-6-2-3-8-27(23)26)31-18-15-24(16-19-31)29(34)30-20-22-11-13-25(14-12-22)32-17-5-10-28(32)33/h2-4,6-9,11-14,21,24H,5,10,15-20H2,1H3,(H,30,34). The van der Waals surface area contributed by atoms with Gasteiger partial charge < -0.3 is 10.2 Å². The van der Waals surface area contributed by atoms with Gasteiger partial charge in [0.25, 0.3) is 0 Å². The number of benzene rings is 3. The number of fused-ring (bicyclic) bond motifs is 1. The number of hydrogen-bond donors (Lipinski definition) is 1. The van der Waals surface area contributed by atoms with Gasteiger partial charge in [0.05, 0.1) is 0 Å². The molecule has 0 aromatic heterocycles. The average molecular weight is 456 g/mol. The smallest absolute Gasteiger partial charge is 0.227 e. The molecule has 5 rings (SSSR count). The van der Waals surface area contributed by atoms with Crippen LogP contribution in [0.3, 0.4) is 0 Å². The number of anilines is 1. The zero-order valence-corrected chi connectivity index (χ0v) is 19.9. The summed E-state index contributed by atoms with van der Waals surface area (Å²) in [5, 5.41) is 5.72. The Kier molecular flexibility index (Phi) is 6.63. The van der Waals surface area contributed by atoms with E-state index >= 15 is 0 Å². The summed E-state index contributed by atoms with van der Waals surface area (Å²) in [6, 6.07) is 23.4. The summed E-state index contributed by atoms with van der Waals surface area (Å²) in [4.78, 5) is 29.1. The Morgan fingerprint density at radius 2 is 1.71 bits per heavy atom. The van der Waals surface area contributed by atoms with E-state index in [2.05, 4.69) is 59.6 Å². The Bertz CT molecular complexity index is 1160. The van der Waals surface area contributed by atoms with Crippen molar-refractivity contribution in [1.82, 2.24) is 10.2 Å². The highest BCUT2D eigenvalue weighted by Gasteiger charge is 2.28. The molecule has 5 nitrogen and oxygen atoms in total. The molecule has 0 radical (unpaired) electrons. The van der Waals surface area contributed by atoms with Crippen LogP contribution in [0.15, 0.2) is 66.7 Å². The fourth-order valence-corrected chi connectivity index (χ4v) is 5.41. The van der Waals surface area contributed by atoms with Crippen molar-refractivity contribution in [3.63, 3.8) is 0 Å². The first-order chi connectivity index (χ1) is 16.6. The van der Waals surface area contributed by atoms with Gasteiger partial charge in [-0.1, -0.05) is 54.6 Å². The minimum atomic E-state index is 0.0671. The lowest BCUT2D eigenvalue weighted by molar-refractivity contribution is -0.126. The fourth-order valence-electron chi connectivity index (χ4n) is 5.41. The summed E-state index contributed by atoms with van der Waals surface area (Å²) in [7, 11) is 0. The average Bonchev–Trinajstić information content (AvgIpc) is 3.32. The predicted octanol–water partition coefficient (Wildman–Crippen LogP) is 5.06. The van der Waals surface area contributed by atoms with Crippen molar-refractivity contribution in [1.29, 1.82) is 0 Å². The quantitative estimate of drug-likeness (QED) is 0.566. The SMILES string of the molecule is CC(c1cccc2ccccc12)N1CCC(C(=O)NCc2ccc(N3CCCC3=O)cc2)CC1. The van der Waals surface area contributed by atoms with Crippen LogP contribution < -0.4 is 10.2 Å². The molecule has 1 unspecified atom stereocenters. The second-order valence-electron chi connectivity index (χ2n) is 9.59. The molecule has 3 aromatic carbocycles. The molecular formula is C29H33N3O2. The normalized spacial score (nSPS) is 18.4. The lowest BCUT2D eigenvalue weighted by atomic mass is 9.92. The highest BCUT2D eigenvalue weighted by Crippen LogP contribution is 2.31. The molecule has 34 heavy (non-hydrogen) atoms. The number of amides is 2. The first-order valence-corrected chi connectivity index (χ1v) is 12.5.